The van der Waals surface area contributed by atoms with Crippen molar-refractivity contribution >= 4 is 15.9 Å². The number of amides is 1. The summed E-state index contributed by atoms with van der Waals surface area (Å²) in [5.41, 5.74) is 1.00. The molecule has 1 aromatic rings. The average molecular weight is 339 g/mol. The number of aryl methyl sites for hydroxylation is 1. The van der Waals surface area contributed by atoms with Gasteiger partial charge >= 0.3 is 0 Å². The Morgan fingerprint density at radius 1 is 1.13 bits per heavy atom. The van der Waals surface area contributed by atoms with Gasteiger partial charge in [0.2, 0.25) is 15.9 Å². The minimum Gasteiger partial charge on any atom is -0.355 e. The van der Waals surface area contributed by atoms with E-state index in [1.807, 2.05) is 6.92 Å². The molecule has 0 aromatic heterocycles. The fourth-order valence-electron chi connectivity index (χ4n) is 2.55. The number of carbonyl (C=O) groups is 1. The maximum atomic E-state index is 12.1. The number of nitrogens with zero attached hydrogens (tertiary/aromatic N) is 1. The normalized spacial score (nSPS) is 15.7. The molecule has 0 aliphatic carbocycles. The van der Waals surface area contributed by atoms with E-state index >= 15 is 0 Å². The zero-order chi connectivity index (χ0) is 16.7. The number of carbonyl (C=O) groups excluding carboxylic acids is 1. The fourth-order valence-corrected chi connectivity index (χ4v) is 3.58. The van der Waals surface area contributed by atoms with Crippen molar-refractivity contribution in [3.63, 3.8) is 0 Å². The molecule has 1 amide bonds. The number of benzene rings is 1. The van der Waals surface area contributed by atoms with Crippen LogP contribution in [-0.4, -0.2) is 51.9 Å². The number of rotatable bonds is 8. The highest BCUT2D eigenvalue weighted by Crippen LogP contribution is 2.09. The third kappa shape index (κ3) is 5.93. The van der Waals surface area contributed by atoms with E-state index in [0.29, 0.717) is 6.54 Å². The molecule has 1 saturated heterocycles. The van der Waals surface area contributed by atoms with Crippen LogP contribution in [0.2, 0.25) is 0 Å². The topological polar surface area (TPSA) is 78.5 Å². The van der Waals surface area contributed by atoms with Crippen molar-refractivity contribution in [2.45, 2.75) is 31.1 Å². The molecule has 0 saturated carbocycles. The molecule has 0 spiro atoms. The third-order valence-electron chi connectivity index (χ3n) is 3.92. The zero-order valence-corrected chi connectivity index (χ0v) is 14.4. The van der Waals surface area contributed by atoms with Crippen LogP contribution in [0.1, 0.15) is 24.8 Å². The molecule has 2 rings (SSSR count). The first-order chi connectivity index (χ1) is 11.0. The first-order valence-electron chi connectivity index (χ1n) is 8.03. The highest BCUT2D eigenvalue weighted by molar-refractivity contribution is 7.89. The Balaban J connectivity index is 1.66. The van der Waals surface area contributed by atoms with Gasteiger partial charge in [0, 0.05) is 26.1 Å². The molecular formula is C16H25N3O3S. The summed E-state index contributed by atoms with van der Waals surface area (Å²) < 4.78 is 26.6. The summed E-state index contributed by atoms with van der Waals surface area (Å²) in [6.07, 6.45) is 2.61. The molecule has 1 aliphatic rings. The molecule has 1 heterocycles. The van der Waals surface area contributed by atoms with Crippen LogP contribution in [0.3, 0.4) is 0 Å². The largest absolute Gasteiger partial charge is 0.355 e. The van der Waals surface area contributed by atoms with Crippen molar-refractivity contribution in [1.82, 2.24) is 14.9 Å². The van der Waals surface area contributed by atoms with Crippen LogP contribution in [0.15, 0.2) is 29.2 Å². The highest BCUT2D eigenvalue weighted by atomic mass is 32.2. The van der Waals surface area contributed by atoms with Gasteiger partial charge in [-0.15, -0.1) is 0 Å². The predicted molar refractivity (Wildman–Crippen MR) is 89.7 cm³/mol. The van der Waals surface area contributed by atoms with Crippen LogP contribution in [0.5, 0.6) is 0 Å². The number of sulfonamides is 1. The van der Waals surface area contributed by atoms with Crippen LogP contribution < -0.4 is 10.0 Å². The van der Waals surface area contributed by atoms with Crippen molar-refractivity contribution in [2.75, 3.05) is 32.7 Å². The molecule has 0 bridgehead atoms. The van der Waals surface area contributed by atoms with Gasteiger partial charge in [-0.25, -0.2) is 13.1 Å². The Kier molecular flexibility index (Phi) is 6.56. The molecule has 0 unspecified atom stereocenters. The SMILES string of the molecule is Cc1ccc(S(=O)(=O)NCCC(=O)NCCN2CCCC2)cc1. The smallest absolute Gasteiger partial charge is 0.240 e. The lowest BCUT2D eigenvalue weighted by Gasteiger charge is -2.14. The van der Waals surface area contributed by atoms with E-state index in [2.05, 4.69) is 14.9 Å². The fraction of sp³-hybridized carbons (Fsp3) is 0.562. The summed E-state index contributed by atoms with van der Waals surface area (Å²) in [6, 6.07) is 6.63. The van der Waals surface area contributed by atoms with Crippen molar-refractivity contribution in [3.8, 4) is 0 Å². The first-order valence-corrected chi connectivity index (χ1v) is 9.51. The quantitative estimate of drug-likeness (QED) is 0.737. The molecule has 1 aliphatic heterocycles. The lowest BCUT2D eigenvalue weighted by atomic mass is 10.2. The molecule has 1 fully saturated rings. The summed E-state index contributed by atoms with van der Waals surface area (Å²) in [5.74, 6) is -0.129. The van der Waals surface area contributed by atoms with Gasteiger partial charge < -0.3 is 10.2 Å². The van der Waals surface area contributed by atoms with E-state index in [1.54, 1.807) is 24.3 Å². The summed E-state index contributed by atoms with van der Waals surface area (Å²) in [5, 5.41) is 2.83. The van der Waals surface area contributed by atoms with Crippen LogP contribution in [0, 0.1) is 6.92 Å². The van der Waals surface area contributed by atoms with Crippen molar-refractivity contribution in [1.29, 1.82) is 0 Å². The zero-order valence-electron chi connectivity index (χ0n) is 13.5. The summed E-state index contributed by atoms with van der Waals surface area (Å²) in [7, 11) is -3.54. The Hall–Kier alpha value is -1.44. The van der Waals surface area contributed by atoms with Crippen molar-refractivity contribution in [2.24, 2.45) is 0 Å². The van der Waals surface area contributed by atoms with Crippen molar-refractivity contribution < 1.29 is 13.2 Å². The number of likely N-dealkylation sites (tertiary alicyclic amines) is 1. The molecule has 7 heteroatoms. The molecular weight excluding hydrogens is 314 g/mol. The molecule has 1 aromatic carbocycles. The monoisotopic (exact) mass is 339 g/mol. The maximum absolute atomic E-state index is 12.1. The van der Waals surface area contributed by atoms with E-state index in [4.69, 9.17) is 0 Å². The Labute approximate surface area is 138 Å². The molecule has 6 nitrogen and oxygen atoms in total. The van der Waals surface area contributed by atoms with Crippen LogP contribution in [-0.2, 0) is 14.8 Å². The lowest BCUT2D eigenvalue weighted by Crippen LogP contribution is -2.35. The molecule has 128 valence electrons. The second-order valence-electron chi connectivity index (χ2n) is 5.86. The molecule has 0 atom stereocenters. The lowest BCUT2D eigenvalue weighted by molar-refractivity contribution is -0.120. The van der Waals surface area contributed by atoms with Gasteiger partial charge in [-0.3, -0.25) is 4.79 Å². The van der Waals surface area contributed by atoms with Gasteiger partial charge in [0.1, 0.15) is 0 Å². The molecule has 23 heavy (non-hydrogen) atoms. The molecule has 2 N–H and O–H groups in total. The second-order valence-corrected chi connectivity index (χ2v) is 7.63. The van der Waals surface area contributed by atoms with E-state index in [-0.39, 0.29) is 23.8 Å². The first kappa shape index (κ1) is 17.9. The summed E-state index contributed by atoms with van der Waals surface area (Å²) in [6.45, 7) is 5.69. The van der Waals surface area contributed by atoms with Crippen LogP contribution >= 0.6 is 0 Å². The van der Waals surface area contributed by atoms with Gasteiger partial charge in [0.15, 0.2) is 0 Å². The van der Waals surface area contributed by atoms with Gasteiger partial charge in [-0.05, 0) is 45.0 Å². The molecule has 0 radical (unpaired) electrons. The second kappa shape index (κ2) is 8.42. The van der Waals surface area contributed by atoms with Crippen LogP contribution in [0.25, 0.3) is 0 Å². The predicted octanol–water partition coefficient (Wildman–Crippen LogP) is 0.875. The minimum atomic E-state index is -3.54. The Morgan fingerprint density at radius 3 is 2.43 bits per heavy atom. The van der Waals surface area contributed by atoms with Gasteiger partial charge in [0.25, 0.3) is 0 Å². The summed E-state index contributed by atoms with van der Waals surface area (Å²) in [4.78, 5) is 14.3. The number of hydrogen-bond acceptors (Lipinski definition) is 4. The third-order valence-corrected chi connectivity index (χ3v) is 5.40. The number of nitrogens with one attached hydrogen (secondary N) is 2. The highest BCUT2D eigenvalue weighted by Gasteiger charge is 2.14. The minimum absolute atomic E-state index is 0.103. The van der Waals surface area contributed by atoms with Gasteiger partial charge in [0.05, 0.1) is 4.90 Å². The average Bonchev–Trinajstić information content (AvgIpc) is 3.01. The van der Waals surface area contributed by atoms with Crippen LogP contribution in [0.4, 0.5) is 0 Å². The van der Waals surface area contributed by atoms with E-state index in [9.17, 15) is 13.2 Å². The Morgan fingerprint density at radius 2 is 1.78 bits per heavy atom. The van der Waals surface area contributed by atoms with Crippen molar-refractivity contribution in [3.05, 3.63) is 29.8 Å². The van der Waals surface area contributed by atoms with Gasteiger partial charge in [-0.1, -0.05) is 17.7 Å². The van der Waals surface area contributed by atoms with E-state index < -0.39 is 10.0 Å². The summed E-state index contributed by atoms with van der Waals surface area (Å²) >= 11 is 0. The van der Waals surface area contributed by atoms with E-state index in [1.165, 1.54) is 12.8 Å². The van der Waals surface area contributed by atoms with E-state index in [0.717, 1.165) is 25.2 Å². The Bertz CT molecular complexity index is 608. The standard InChI is InChI=1S/C16H25N3O3S/c1-14-4-6-15(7-5-14)23(21,22)18-9-8-16(20)17-10-13-19-11-2-3-12-19/h4-7,18H,2-3,8-13H2,1H3,(H,17,20). The van der Waals surface area contributed by atoms with Gasteiger partial charge in [-0.2, -0.15) is 0 Å². The maximum Gasteiger partial charge on any atom is 0.240 e. The number of hydrogen-bond donors (Lipinski definition) is 2.